The van der Waals surface area contributed by atoms with Crippen LogP contribution in [-0.2, 0) is 71.8 Å². The number of nitrogens with two attached hydrogens (primary N) is 7. The molecule has 20 unspecified atom stereocenters. The molecule has 2 saturated heterocycles. The number of fused-ring (bicyclic) bond motifs is 1. The third-order valence-electron chi connectivity index (χ3n) is 19.7. The van der Waals surface area contributed by atoms with E-state index in [2.05, 4.69) is 59.1 Å². The highest BCUT2D eigenvalue weighted by Gasteiger charge is 2.47. The van der Waals surface area contributed by atoms with Crippen molar-refractivity contribution < 1.29 is 97.3 Å². The summed E-state index contributed by atoms with van der Waals surface area (Å²) in [6.07, 6.45) is -12.5. The number of cyclic esters (lactones) is 1. The number of carbonyl (C=O) groups excluding carboxylic acids is 13. The molecule has 0 radical (unpaired) electrons. The highest BCUT2D eigenvalue weighted by Crippen LogP contribution is 2.30. The number of piperidine rings is 1. The molecule has 2 aliphatic heterocycles. The monoisotopic (exact) mass is 1570 g/mol. The zero-order valence-electron chi connectivity index (χ0n) is 65.5. The first kappa shape index (κ1) is 95.2. The Kier molecular flexibility index (Phi) is 38.9. The fraction of sp³-hybridized carbons (Fsp3) is 0.681. The van der Waals surface area contributed by atoms with Crippen LogP contribution in [-0.4, -0.2) is 249 Å². The predicted molar refractivity (Wildman–Crippen MR) is 405 cm³/mol. The lowest BCUT2D eigenvalue weighted by atomic mass is 9.87. The zero-order valence-corrected chi connectivity index (χ0v) is 65.5. The quantitative estimate of drug-likeness (QED) is 0.0129. The highest BCUT2D eigenvalue weighted by atomic mass is 16.5. The van der Waals surface area contributed by atoms with E-state index in [-0.39, 0.29) is 112 Å². The lowest BCUT2D eigenvalue weighted by molar-refractivity contribution is -0.165. The number of aliphatic imine (C=N–C) groups is 2. The van der Waals surface area contributed by atoms with Gasteiger partial charge in [-0.3, -0.25) is 67.5 Å². The van der Waals surface area contributed by atoms with Gasteiger partial charge in [-0.25, -0.2) is 4.79 Å². The number of hydrogen-bond acceptors (Lipinski definition) is 23. The number of rotatable bonds is 36. The number of benzene rings is 1. The maximum Gasteiger partial charge on any atom is 0.329 e. The molecule has 3 rings (SSSR count). The number of hydrogen-bond donors (Lipinski definition) is 20. The van der Waals surface area contributed by atoms with E-state index in [9.17, 15) is 59.1 Å². The molecule has 111 heavy (non-hydrogen) atoms. The Morgan fingerprint density at radius 2 is 1.28 bits per heavy atom. The van der Waals surface area contributed by atoms with Gasteiger partial charge < -0.3 is 127 Å². The number of methoxy groups -OCH3 is 1. The van der Waals surface area contributed by atoms with Gasteiger partial charge in [0.25, 0.3) is 5.91 Å². The van der Waals surface area contributed by atoms with E-state index in [0.717, 1.165) is 23.6 Å². The van der Waals surface area contributed by atoms with Crippen LogP contribution in [0.5, 0.6) is 5.75 Å². The van der Waals surface area contributed by atoms with Crippen LogP contribution in [0.2, 0.25) is 0 Å². The van der Waals surface area contributed by atoms with Crippen LogP contribution in [0.25, 0.3) is 0 Å². The van der Waals surface area contributed by atoms with Gasteiger partial charge in [0.1, 0.15) is 72.4 Å². The highest BCUT2D eigenvalue weighted by molar-refractivity contribution is 5.98. The summed E-state index contributed by atoms with van der Waals surface area (Å²) in [6, 6.07) is -11.9. The van der Waals surface area contributed by atoms with E-state index < -0.39 is 217 Å². The number of likely N-dealkylation sites (N-methyl/N-ethyl adjacent to an activating group) is 1. The van der Waals surface area contributed by atoms with E-state index in [1.165, 1.54) is 59.2 Å². The second-order valence-electron chi connectivity index (χ2n) is 29.6. The van der Waals surface area contributed by atoms with E-state index in [1.807, 2.05) is 13.8 Å². The molecule has 2 heterocycles. The molecule has 39 nitrogen and oxygen atoms in total. The van der Waals surface area contributed by atoms with Gasteiger partial charge in [0.05, 0.1) is 36.6 Å². The Bertz CT molecular complexity index is 3430. The minimum atomic E-state index is -2.65. The molecule has 1 aromatic rings. The Labute approximate surface area is 646 Å². The van der Waals surface area contributed by atoms with Gasteiger partial charge in [0.2, 0.25) is 65.0 Å². The van der Waals surface area contributed by atoms with Gasteiger partial charge in [-0.05, 0) is 119 Å². The van der Waals surface area contributed by atoms with Crippen molar-refractivity contribution in [1.29, 1.82) is 0 Å². The van der Waals surface area contributed by atoms with Crippen LogP contribution >= 0.6 is 0 Å². The summed E-state index contributed by atoms with van der Waals surface area (Å²) in [4.78, 5) is 197. The first-order valence-corrected chi connectivity index (χ1v) is 37.2. The van der Waals surface area contributed by atoms with Gasteiger partial charge in [0.15, 0.2) is 18.0 Å². The second-order valence-corrected chi connectivity index (χ2v) is 29.6. The first-order chi connectivity index (χ1) is 51.8. The van der Waals surface area contributed by atoms with Crippen LogP contribution in [0, 0.1) is 35.5 Å². The van der Waals surface area contributed by atoms with E-state index >= 15 is 28.8 Å². The van der Waals surface area contributed by atoms with Gasteiger partial charge >= 0.3 is 5.97 Å². The summed E-state index contributed by atoms with van der Waals surface area (Å²) in [6.45, 7) is 19.1. The van der Waals surface area contributed by atoms with E-state index in [1.54, 1.807) is 20.8 Å². The normalized spacial score (nSPS) is 23.2. The van der Waals surface area contributed by atoms with Crippen molar-refractivity contribution >= 4 is 88.8 Å². The van der Waals surface area contributed by atoms with Crippen LogP contribution in [0.15, 0.2) is 46.5 Å². The summed E-state index contributed by atoms with van der Waals surface area (Å²) in [7, 11) is 2.50. The van der Waals surface area contributed by atoms with Gasteiger partial charge in [-0.2, -0.15) is 0 Å². The Morgan fingerprint density at radius 1 is 0.676 bits per heavy atom. The second kappa shape index (κ2) is 45.4. The van der Waals surface area contributed by atoms with Crippen LogP contribution in [0.4, 0.5) is 0 Å². The Morgan fingerprint density at radius 3 is 1.83 bits per heavy atom. The maximum absolute atomic E-state index is 15.6. The van der Waals surface area contributed by atoms with Gasteiger partial charge in [0, 0.05) is 51.8 Å². The van der Waals surface area contributed by atoms with Crippen molar-refractivity contribution in [3.05, 3.63) is 42.1 Å². The molecule has 1 aromatic carbocycles. The van der Waals surface area contributed by atoms with Gasteiger partial charge in [-0.1, -0.05) is 74.1 Å². The summed E-state index contributed by atoms with van der Waals surface area (Å²) in [5.74, 6) is -19.8. The standard InChI is InChI=1S/C72H121N19O20/c1-33(2)30-35(5)56(96)38(8)61(100)85-46(32-51(74)95)62(101)84-45(19-17-28-81-72(78)79)57(97)58(98)67(106)86-52(36(6)37(7)60(75)99)64(103)88-54-41(11)111-70(109)49-20-14-15-29-91(49)69(108)55(59(110-13)42-21-23-43(93)24-22-42)89-63(102)48(25-26-50(73)94)90(12)68(107)47(31-34(3)4)82-39(9)44(18-16-27-80-71(76)77)83-65(104)53(40(10)92)87-66(54)105/h21-24,33-38,40-41,44-49,52-59,82,92-93,96-98H,9,14-20,25-32H2,1-8,10-13H3,(H2,73,94)(H2,74,95)(H2,75,99)(H,83,104)(H,84,101)(H,85,100)(H,86,106)(H,87,105)(H,88,103)(H,89,102)(H4,76,77,80)(H4,78,79,81). The lowest BCUT2D eigenvalue weighted by Gasteiger charge is -2.40. The van der Waals surface area contributed by atoms with Crippen molar-refractivity contribution in [2.45, 2.75) is 243 Å². The largest absolute Gasteiger partial charge is 0.508 e. The molecule has 39 heteroatoms. The maximum atomic E-state index is 15.6. The summed E-state index contributed by atoms with van der Waals surface area (Å²) in [5, 5.41) is 77.2. The molecule has 12 amide bonds. The Hall–Kier alpha value is -9.99. The van der Waals surface area contributed by atoms with Crippen LogP contribution in [0.3, 0.4) is 0 Å². The minimum Gasteiger partial charge on any atom is -0.508 e. The number of phenols is 1. The first-order valence-electron chi connectivity index (χ1n) is 37.2. The number of aliphatic hydroxyl groups is 4. The topological polar surface area (TPSA) is 651 Å². The summed E-state index contributed by atoms with van der Waals surface area (Å²) < 4.78 is 12.0. The average Bonchev–Trinajstić information content (AvgIpc) is 0.796. The summed E-state index contributed by atoms with van der Waals surface area (Å²) in [5.41, 5.74) is 39.4. The van der Waals surface area contributed by atoms with E-state index in [0.29, 0.717) is 6.42 Å². The number of carbonyl (C=O) groups is 13. The minimum absolute atomic E-state index is 0.0188. The molecule has 27 N–H and O–H groups in total. The lowest BCUT2D eigenvalue weighted by Crippen LogP contribution is -2.65. The predicted octanol–water partition coefficient (Wildman–Crippen LogP) is -5.07. The fourth-order valence-corrected chi connectivity index (χ4v) is 13.1. The number of ether oxygens (including phenoxy) is 2. The van der Waals surface area contributed by atoms with E-state index in [4.69, 9.17) is 49.6 Å². The van der Waals surface area contributed by atoms with Crippen molar-refractivity contribution in [2.24, 2.45) is 85.6 Å². The Balaban J connectivity index is 2.38. The van der Waals surface area contributed by atoms with Gasteiger partial charge in [-0.15, -0.1) is 0 Å². The molecule has 0 saturated carbocycles. The van der Waals surface area contributed by atoms with Crippen molar-refractivity contribution in [3.8, 4) is 5.75 Å². The fourth-order valence-electron chi connectivity index (χ4n) is 13.1. The number of nitrogens with one attached hydrogen (secondary N) is 8. The SMILES string of the molecule is C=C1NC(CC(C)C)C(=O)N(C)C(CCC(N)=O)C(=O)NC(C(OC)c2ccc(O)cc2)C(=O)N2CCCCC2C(=O)OC(C)C(NC(=O)C(NC(=O)C(O)C(O)C(CCCN=C(N)N)NC(=O)C(CC(N)=O)NC(=O)C(C)C(O)C(C)CC(C)C)C(C)C(C)C(N)=O)C(=O)NC(C(C)O)C(=O)NC1CCCN=C(N)N. The number of primary amides is 3. The molecular weight excluding hydrogens is 1450 g/mol. The molecule has 2 fully saturated rings. The number of guanidine groups is 2. The number of aliphatic hydroxyl groups excluding tert-OH is 4. The third kappa shape index (κ3) is 29.6. The number of esters is 1. The molecule has 20 atom stereocenters. The molecule has 624 valence electrons. The number of amides is 12. The van der Waals surface area contributed by atoms with Crippen LogP contribution in [0.1, 0.15) is 158 Å². The third-order valence-corrected chi connectivity index (χ3v) is 19.7. The molecule has 0 aliphatic carbocycles. The molecule has 0 bridgehead atoms. The number of nitrogens with zero attached hydrogens (tertiary/aromatic N) is 4. The molecule has 0 aromatic heterocycles. The number of aromatic hydroxyl groups is 1. The zero-order chi connectivity index (χ0) is 84.2. The van der Waals surface area contributed by atoms with Crippen molar-refractivity contribution in [3.63, 3.8) is 0 Å². The smallest absolute Gasteiger partial charge is 0.329 e. The van der Waals surface area contributed by atoms with Crippen molar-refractivity contribution in [1.82, 2.24) is 52.3 Å². The van der Waals surface area contributed by atoms with Crippen molar-refractivity contribution in [2.75, 3.05) is 33.8 Å². The summed E-state index contributed by atoms with van der Waals surface area (Å²) >= 11 is 0. The van der Waals surface area contributed by atoms with Crippen LogP contribution < -0.4 is 82.7 Å². The average molecular weight is 1570 g/mol. The molecular formula is C72H121N19O20. The number of phenolic OH excluding ortho intramolecular Hbond substituents is 1. The molecule has 0 spiro atoms. The molecule has 2 aliphatic rings.